The number of fused-ring (bicyclic) bond motifs is 1. The van der Waals surface area contributed by atoms with Crippen LogP contribution >= 0.6 is 0 Å². The van der Waals surface area contributed by atoms with Gasteiger partial charge in [0.05, 0.1) is 0 Å². The summed E-state index contributed by atoms with van der Waals surface area (Å²) in [7, 11) is 0. The second-order valence-electron chi connectivity index (χ2n) is 4.23. The second kappa shape index (κ2) is 4.09. The maximum absolute atomic E-state index is 3.53. The van der Waals surface area contributed by atoms with Crippen molar-refractivity contribution in [2.45, 2.75) is 40.0 Å². The molecule has 1 heterocycles. The Labute approximate surface area is 91.5 Å². The van der Waals surface area contributed by atoms with Crippen molar-refractivity contribution in [3.05, 3.63) is 35.0 Å². The monoisotopic (exact) mass is 201 g/mol. The molecule has 0 bridgehead atoms. The van der Waals surface area contributed by atoms with E-state index in [0.29, 0.717) is 0 Å². The van der Waals surface area contributed by atoms with Crippen LogP contribution in [0.15, 0.2) is 18.2 Å². The molecule has 1 N–H and O–H groups in total. The van der Waals surface area contributed by atoms with Gasteiger partial charge in [-0.3, -0.25) is 0 Å². The van der Waals surface area contributed by atoms with Crippen molar-refractivity contribution in [2.75, 3.05) is 0 Å². The van der Waals surface area contributed by atoms with Gasteiger partial charge in [0.2, 0.25) is 0 Å². The third-order valence-corrected chi connectivity index (χ3v) is 3.00. The minimum absolute atomic E-state index is 1.10. The van der Waals surface area contributed by atoms with Crippen LogP contribution in [0, 0.1) is 6.92 Å². The molecule has 0 unspecified atom stereocenters. The molecule has 0 aliphatic carbocycles. The van der Waals surface area contributed by atoms with Crippen molar-refractivity contribution in [1.29, 1.82) is 0 Å². The van der Waals surface area contributed by atoms with Crippen molar-refractivity contribution >= 4 is 10.9 Å². The predicted octanol–water partition coefficient (Wildman–Crippen LogP) is 3.99. The molecule has 0 atom stereocenters. The number of hydrogen-bond acceptors (Lipinski definition) is 0. The second-order valence-corrected chi connectivity index (χ2v) is 4.23. The fraction of sp³-hybridized carbons (Fsp3) is 0.429. The Hall–Kier alpha value is -1.24. The first-order chi connectivity index (χ1) is 7.26. The Bertz CT molecular complexity index is 465. The van der Waals surface area contributed by atoms with Crippen LogP contribution in [-0.2, 0) is 12.8 Å². The third kappa shape index (κ3) is 1.79. The summed E-state index contributed by atoms with van der Waals surface area (Å²) in [5, 5.41) is 1.42. The van der Waals surface area contributed by atoms with Crippen molar-refractivity contribution in [2.24, 2.45) is 0 Å². The summed E-state index contributed by atoms with van der Waals surface area (Å²) in [4.78, 5) is 3.53. The minimum Gasteiger partial charge on any atom is -0.358 e. The van der Waals surface area contributed by atoms with Gasteiger partial charge in [-0.25, -0.2) is 0 Å². The molecule has 0 saturated carbocycles. The van der Waals surface area contributed by atoms with Gasteiger partial charge >= 0.3 is 0 Å². The molecule has 0 spiro atoms. The van der Waals surface area contributed by atoms with Crippen molar-refractivity contribution < 1.29 is 0 Å². The molecule has 1 nitrogen and oxygen atoms in total. The first-order valence-corrected chi connectivity index (χ1v) is 5.86. The van der Waals surface area contributed by atoms with Gasteiger partial charge in [-0.05, 0) is 37.5 Å². The number of H-pyrrole nitrogens is 1. The zero-order valence-corrected chi connectivity index (χ0v) is 9.85. The van der Waals surface area contributed by atoms with E-state index in [2.05, 4.69) is 44.0 Å². The molecule has 1 heteroatoms. The van der Waals surface area contributed by atoms with Crippen LogP contribution in [0.25, 0.3) is 10.9 Å². The Morgan fingerprint density at radius 2 is 2.00 bits per heavy atom. The summed E-state index contributed by atoms with van der Waals surface area (Å²) >= 11 is 0. The van der Waals surface area contributed by atoms with E-state index in [0.717, 1.165) is 6.42 Å². The number of hydrogen-bond donors (Lipinski definition) is 1. The molecular formula is C14H19N. The zero-order valence-electron chi connectivity index (χ0n) is 9.85. The highest BCUT2D eigenvalue weighted by Crippen LogP contribution is 2.25. The van der Waals surface area contributed by atoms with Gasteiger partial charge < -0.3 is 4.98 Å². The van der Waals surface area contributed by atoms with E-state index < -0.39 is 0 Å². The van der Waals surface area contributed by atoms with Crippen LogP contribution in [0.5, 0.6) is 0 Å². The molecule has 2 aromatic rings. The molecule has 0 amide bonds. The summed E-state index contributed by atoms with van der Waals surface area (Å²) in [6.07, 6.45) is 3.50. The Morgan fingerprint density at radius 3 is 2.67 bits per heavy atom. The maximum atomic E-state index is 3.53. The molecule has 1 aromatic carbocycles. The van der Waals surface area contributed by atoms with Gasteiger partial charge in [0.15, 0.2) is 0 Å². The smallest absolute Gasteiger partial charge is 0.0459 e. The first-order valence-electron chi connectivity index (χ1n) is 5.86. The fourth-order valence-electron chi connectivity index (χ4n) is 2.25. The lowest BCUT2D eigenvalue weighted by atomic mass is 10.0. The van der Waals surface area contributed by atoms with E-state index in [4.69, 9.17) is 0 Å². The first kappa shape index (κ1) is 10.3. The SMILES string of the molecule is CCCc1c(CC)[nH]c2ccc(C)cc12. The summed E-state index contributed by atoms with van der Waals surface area (Å²) in [5.74, 6) is 0. The summed E-state index contributed by atoms with van der Waals surface area (Å²) < 4.78 is 0. The number of nitrogens with one attached hydrogen (secondary N) is 1. The van der Waals surface area contributed by atoms with Crippen molar-refractivity contribution in [3.8, 4) is 0 Å². The number of rotatable bonds is 3. The van der Waals surface area contributed by atoms with E-state index in [-0.39, 0.29) is 0 Å². The van der Waals surface area contributed by atoms with Gasteiger partial charge in [-0.2, -0.15) is 0 Å². The van der Waals surface area contributed by atoms with Gasteiger partial charge in [0, 0.05) is 16.6 Å². The summed E-state index contributed by atoms with van der Waals surface area (Å²) in [6.45, 7) is 6.62. The largest absolute Gasteiger partial charge is 0.358 e. The standard InChI is InChI=1S/C14H19N/c1-4-6-11-12-9-10(3)7-8-14(12)15-13(11)5-2/h7-9,15H,4-6H2,1-3H3. The van der Waals surface area contributed by atoms with Gasteiger partial charge in [0.25, 0.3) is 0 Å². The fourth-order valence-corrected chi connectivity index (χ4v) is 2.25. The molecule has 80 valence electrons. The molecule has 0 aliphatic rings. The highest BCUT2D eigenvalue weighted by molar-refractivity contribution is 5.85. The van der Waals surface area contributed by atoms with Crippen molar-refractivity contribution in [1.82, 2.24) is 4.98 Å². The molecule has 0 radical (unpaired) electrons. The quantitative estimate of drug-likeness (QED) is 0.772. The number of aryl methyl sites for hydroxylation is 3. The van der Waals surface area contributed by atoms with Gasteiger partial charge in [0.1, 0.15) is 0 Å². The number of benzene rings is 1. The summed E-state index contributed by atoms with van der Waals surface area (Å²) in [5.41, 5.74) is 5.58. The van der Waals surface area contributed by atoms with Gasteiger partial charge in [-0.1, -0.05) is 31.9 Å². The van der Waals surface area contributed by atoms with E-state index in [1.165, 1.54) is 40.6 Å². The van der Waals surface area contributed by atoms with E-state index in [1.807, 2.05) is 0 Å². The van der Waals surface area contributed by atoms with Gasteiger partial charge in [-0.15, -0.1) is 0 Å². The maximum Gasteiger partial charge on any atom is 0.0459 e. The average Bonchev–Trinajstić information content (AvgIpc) is 2.57. The normalized spacial score (nSPS) is 11.1. The molecule has 15 heavy (non-hydrogen) atoms. The third-order valence-electron chi connectivity index (χ3n) is 3.00. The van der Waals surface area contributed by atoms with Crippen LogP contribution < -0.4 is 0 Å². The highest BCUT2D eigenvalue weighted by Gasteiger charge is 2.08. The molecule has 0 aliphatic heterocycles. The number of aromatic nitrogens is 1. The lowest BCUT2D eigenvalue weighted by Crippen LogP contribution is -1.88. The van der Waals surface area contributed by atoms with E-state index >= 15 is 0 Å². The molecule has 0 saturated heterocycles. The van der Waals surface area contributed by atoms with Crippen LogP contribution in [0.1, 0.15) is 37.1 Å². The van der Waals surface area contributed by atoms with Crippen molar-refractivity contribution in [3.63, 3.8) is 0 Å². The van der Waals surface area contributed by atoms with Crippen LogP contribution in [0.2, 0.25) is 0 Å². The number of aromatic amines is 1. The Balaban J connectivity index is 2.65. The highest BCUT2D eigenvalue weighted by atomic mass is 14.7. The van der Waals surface area contributed by atoms with Crippen LogP contribution in [-0.4, -0.2) is 4.98 Å². The molecule has 2 rings (SSSR count). The lowest BCUT2D eigenvalue weighted by Gasteiger charge is -2.00. The topological polar surface area (TPSA) is 15.8 Å². The predicted molar refractivity (Wildman–Crippen MR) is 66.4 cm³/mol. The molecular weight excluding hydrogens is 182 g/mol. The minimum atomic E-state index is 1.10. The Kier molecular flexibility index (Phi) is 2.81. The lowest BCUT2D eigenvalue weighted by molar-refractivity contribution is 0.900. The molecule has 1 aromatic heterocycles. The van der Waals surface area contributed by atoms with Crippen LogP contribution in [0.4, 0.5) is 0 Å². The Morgan fingerprint density at radius 1 is 1.20 bits per heavy atom. The molecule has 0 fully saturated rings. The summed E-state index contributed by atoms with van der Waals surface area (Å²) in [6, 6.07) is 6.67. The van der Waals surface area contributed by atoms with E-state index in [1.54, 1.807) is 0 Å². The average molecular weight is 201 g/mol. The van der Waals surface area contributed by atoms with E-state index in [9.17, 15) is 0 Å². The van der Waals surface area contributed by atoms with Crippen LogP contribution in [0.3, 0.4) is 0 Å². The zero-order chi connectivity index (χ0) is 10.8.